The molecular formula is C11H17N5O4. The highest BCUT2D eigenvalue weighted by molar-refractivity contribution is 5.81. The summed E-state index contributed by atoms with van der Waals surface area (Å²) in [6.45, 7) is 3.50. The summed E-state index contributed by atoms with van der Waals surface area (Å²) in [6, 6.07) is -0.585. The number of anilines is 1. The van der Waals surface area contributed by atoms with Gasteiger partial charge in [0.25, 0.3) is 0 Å². The Hall–Kier alpha value is -2.16. The summed E-state index contributed by atoms with van der Waals surface area (Å²) in [5.41, 5.74) is 0. The van der Waals surface area contributed by atoms with Gasteiger partial charge in [0, 0.05) is 26.7 Å². The number of nitro groups is 1. The number of aryl methyl sites for hydroxylation is 1. The van der Waals surface area contributed by atoms with E-state index in [0.717, 1.165) is 0 Å². The average Bonchev–Trinajstić information content (AvgIpc) is 2.81. The fourth-order valence-corrected chi connectivity index (χ4v) is 2.28. The Kier molecular flexibility index (Phi) is 4.18. The standard InChI is InChI=1S/C11H17N5O4/c1-3-20-11(17)8-6-12-4-5-15(8)10-9(16(18)19)13-7-14(10)2/h7-8,12H,3-6H2,1-2H3. The van der Waals surface area contributed by atoms with Crippen LogP contribution in [0, 0.1) is 10.1 Å². The molecule has 1 N–H and O–H groups in total. The van der Waals surface area contributed by atoms with E-state index in [2.05, 4.69) is 10.3 Å². The molecule has 0 amide bonds. The molecule has 2 rings (SSSR count). The Balaban J connectivity index is 2.35. The molecule has 1 aliphatic heterocycles. The van der Waals surface area contributed by atoms with Gasteiger partial charge in [-0.15, -0.1) is 0 Å². The maximum atomic E-state index is 12.0. The topological polar surface area (TPSA) is 103 Å². The van der Waals surface area contributed by atoms with Gasteiger partial charge in [-0.1, -0.05) is 0 Å². The van der Waals surface area contributed by atoms with E-state index in [0.29, 0.717) is 25.5 Å². The molecular weight excluding hydrogens is 266 g/mol. The maximum Gasteiger partial charge on any atom is 0.406 e. The molecule has 1 fully saturated rings. The third-order valence-corrected chi connectivity index (χ3v) is 3.13. The van der Waals surface area contributed by atoms with Gasteiger partial charge in [0.15, 0.2) is 0 Å². The van der Waals surface area contributed by atoms with Crippen LogP contribution in [0.4, 0.5) is 11.6 Å². The summed E-state index contributed by atoms with van der Waals surface area (Å²) in [4.78, 5) is 28.0. The fourth-order valence-electron chi connectivity index (χ4n) is 2.28. The third kappa shape index (κ3) is 2.57. The summed E-state index contributed by atoms with van der Waals surface area (Å²) < 4.78 is 6.58. The molecule has 9 heteroatoms. The zero-order chi connectivity index (χ0) is 14.7. The Labute approximate surface area is 115 Å². The monoisotopic (exact) mass is 283 g/mol. The summed E-state index contributed by atoms with van der Waals surface area (Å²) in [5.74, 6) is -0.312. The van der Waals surface area contributed by atoms with Gasteiger partial charge < -0.3 is 25.1 Å². The molecule has 20 heavy (non-hydrogen) atoms. The van der Waals surface area contributed by atoms with Crippen LogP contribution >= 0.6 is 0 Å². The number of rotatable bonds is 4. The van der Waals surface area contributed by atoms with Gasteiger partial charge in [-0.2, -0.15) is 0 Å². The van der Waals surface area contributed by atoms with Crippen molar-refractivity contribution in [1.29, 1.82) is 0 Å². The van der Waals surface area contributed by atoms with E-state index in [4.69, 9.17) is 4.74 Å². The van der Waals surface area contributed by atoms with E-state index in [1.54, 1.807) is 23.4 Å². The van der Waals surface area contributed by atoms with E-state index in [9.17, 15) is 14.9 Å². The first kappa shape index (κ1) is 14.3. The van der Waals surface area contributed by atoms with Gasteiger partial charge in [-0.25, -0.2) is 4.79 Å². The first-order valence-electron chi connectivity index (χ1n) is 6.36. The van der Waals surface area contributed by atoms with Gasteiger partial charge >= 0.3 is 11.8 Å². The van der Waals surface area contributed by atoms with Gasteiger partial charge in [-0.3, -0.25) is 4.57 Å². The van der Waals surface area contributed by atoms with E-state index >= 15 is 0 Å². The maximum absolute atomic E-state index is 12.0. The highest BCUT2D eigenvalue weighted by atomic mass is 16.6. The van der Waals surface area contributed by atoms with Crippen LogP contribution in [0.2, 0.25) is 0 Å². The van der Waals surface area contributed by atoms with Crippen molar-refractivity contribution in [3.8, 4) is 0 Å². The third-order valence-electron chi connectivity index (χ3n) is 3.13. The van der Waals surface area contributed by atoms with Gasteiger partial charge in [0.2, 0.25) is 12.1 Å². The Morgan fingerprint density at radius 3 is 3.10 bits per heavy atom. The van der Waals surface area contributed by atoms with Crippen molar-refractivity contribution >= 4 is 17.6 Å². The molecule has 110 valence electrons. The second-order valence-electron chi connectivity index (χ2n) is 4.43. The van der Waals surface area contributed by atoms with Crippen molar-refractivity contribution < 1.29 is 14.5 Å². The number of aromatic nitrogens is 2. The molecule has 1 aromatic heterocycles. The minimum absolute atomic E-state index is 0.247. The summed E-state index contributed by atoms with van der Waals surface area (Å²) in [5, 5.41) is 14.1. The molecule has 0 spiro atoms. The smallest absolute Gasteiger partial charge is 0.406 e. The summed E-state index contributed by atoms with van der Waals surface area (Å²) in [7, 11) is 1.67. The molecule has 0 bridgehead atoms. The molecule has 0 aliphatic carbocycles. The van der Waals surface area contributed by atoms with Gasteiger partial charge in [0.05, 0.1) is 6.61 Å². The molecule has 1 atom stereocenters. The predicted molar refractivity (Wildman–Crippen MR) is 70.5 cm³/mol. The second kappa shape index (κ2) is 5.87. The number of imidazole rings is 1. The largest absolute Gasteiger partial charge is 0.464 e. The zero-order valence-corrected chi connectivity index (χ0v) is 11.4. The van der Waals surface area contributed by atoms with Crippen LogP contribution in [0.5, 0.6) is 0 Å². The number of nitrogens with zero attached hydrogens (tertiary/aromatic N) is 4. The van der Waals surface area contributed by atoms with Gasteiger partial charge in [-0.05, 0) is 16.8 Å². The molecule has 1 saturated heterocycles. The van der Waals surface area contributed by atoms with Crippen molar-refractivity contribution in [1.82, 2.24) is 14.9 Å². The van der Waals surface area contributed by atoms with Crippen LogP contribution in [-0.2, 0) is 16.6 Å². The van der Waals surface area contributed by atoms with E-state index in [1.807, 2.05) is 0 Å². The lowest BCUT2D eigenvalue weighted by molar-refractivity contribution is -0.388. The van der Waals surface area contributed by atoms with Crippen LogP contribution in [0.3, 0.4) is 0 Å². The van der Waals surface area contributed by atoms with Crippen molar-refractivity contribution in [3.63, 3.8) is 0 Å². The molecule has 0 aromatic carbocycles. The molecule has 1 aliphatic rings. The van der Waals surface area contributed by atoms with Crippen LogP contribution in [-0.4, -0.2) is 52.7 Å². The number of esters is 1. The van der Waals surface area contributed by atoms with Crippen molar-refractivity contribution in [2.75, 3.05) is 31.1 Å². The number of ether oxygens (including phenoxy) is 1. The number of hydrogen-bond donors (Lipinski definition) is 1. The Morgan fingerprint density at radius 1 is 1.70 bits per heavy atom. The number of piperazine rings is 1. The number of hydrogen-bond acceptors (Lipinski definition) is 7. The molecule has 1 unspecified atom stereocenters. The lowest BCUT2D eigenvalue weighted by Crippen LogP contribution is -2.56. The van der Waals surface area contributed by atoms with Gasteiger partial charge in [0.1, 0.15) is 6.04 Å². The average molecular weight is 283 g/mol. The first-order valence-corrected chi connectivity index (χ1v) is 6.36. The number of nitrogens with one attached hydrogen (secondary N) is 1. The summed E-state index contributed by atoms with van der Waals surface area (Å²) >= 11 is 0. The Bertz CT molecular complexity index is 515. The van der Waals surface area contributed by atoms with Crippen molar-refractivity contribution in [2.24, 2.45) is 7.05 Å². The van der Waals surface area contributed by atoms with E-state index < -0.39 is 16.9 Å². The normalized spacial score (nSPS) is 18.9. The SMILES string of the molecule is CCOC(=O)C1CNCCN1c1c([N+](=O)[O-])ncn1C. The van der Waals surface area contributed by atoms with Crippen LogP contribution in [0.25, 0.3) is 0 Å². The van der Waals surface area contributed by atoms with Crippen LogP contribution in [0.1, 0.15) is 6.92 Å². The quantitative estimate of drug-likeness (QED) is 0.458. The highest BCUT2D eigenvalue weighted by Crippen LogP contribution is 2.28. The minimum Gasteiger partial charge on any atom is -0.464 e. The van der Waals surface area contributed by atoms with E-state index in [1.165, 1.54) is 6.33 Å². The first-order chi connectivity index (χ1) is 9.56. The predicted octanol–water partition coefficient (Wildman–Crippen LogP) is -0.330. The Morgan fingerprint density at radius 2 is 2.45 bits per heavy atom. The number of carbonyl (C=O) groups is 1. The van der Waals surface area contributed by atoms with Crippen LogP contribution < -0.4 is 10.2 Å². The molecule has 0 radical (unpaired) electrons. The van der Waals surface area contributed by atoms with Crippen molar-refractivity contribution in [2.45, 2.75) is 13.0 Å². The minimum atomic E-state index is -0.585. The molecule has 0 saturated carbocycles. The second-order valence-corrected chi connectivity index (χ2v) is 4.43. The zero-order valence-electron chi connectivity index (χ0n) is 11.4. The highest BCUT2D eigenvalue weighted by Gasteiger charge is 2.36. The van der Waals surface area contributed by atoms with E-state index in [-0.39, 0.29) is 12.4 Å². The lowest BCUT2D eigenvalue weighted by Gasteiger charge is -2.35. The van der Waals surface area contributed by atoms with Crippen LogP contribution in [0.15, 0.2) is 6.33 Å². The molecule has 2 heterocycles. The molecule has 9 nitrogen and oxygen atoms in total. The molecule has 1 aromatic rings. The summed E-state index contributed by atoms with van der Waals surface area (Å²) in [6.07, 6.45) is 1.37. The van der Waals surface area contributed by atoms with Crippen molar-refractivity contribution in [3.05, 3.63) is 16.4 Å². The fraction of sp³-hybridized carbons (Fsp3) is 0.636. The lowest BCUT2D eigenvalue weighted by atomic mass is 10.2. The number of carbonyl (C=O) groups excluding carboxylic acids is 1.